The largest absolute Gasteiger partial charge is 0.334 e. The summed E-state index contributed by atoms with van der Waals surface area (Å²) in [6.07, 6.45) is 0. The van der Waals surface area contributed by atoms with Crippen molar-refractivity contribution in [3.05, 3.63) is 58.0 Å². The van der Waals surface area contributed by atoms with Crippen LogP contribution >= 0.6 is 34.4 Å². The molecule has 10 heteroatoms. The second-order valence-electron chi connectivity index (χ2n) is 5.42. The number of hydrogen-bond donors (Lipinski definition) is 1. The molecule has 3 heterocycles. The second-order valence-corrected chi connectivity index (χ2v) is 8.65. The Balaban J connectivity index is 1.37. The van der Waals surface area contributed by atoms with Crippen LogP contribution in [0.1, 0.15) is 21.1 Å². The number of nitrogens with zero attached hydrogens (tertiary/aromatic N) is 4. The molecule has 1 N–H and O–H groups in total. The molecule has 27 heavy (non-hydrogen) atoms. The molecular formula is C17H13N5O2S3. The highest BCUT2D eigenvalue weighted by Crippen LogP contribution is 2.29. The predicted octanol–water partition coefficient (Wildman–Crippen LogP) is 4.50. The Bertz CT molecular complexity index is 1040. The summed E-state index contributed by atoms with van der Waals surface area (Å²) >= 11 is 4.67. The summed E-state index contributed by atoms with van der Waals surface area (Å²) in [6.45, 7) is 1.75. The molecule has 0 atom stereocenters. The fraction of sp³-hybridized carbons (Fsp3) is 0.118. The molecule has 0 aliphatic heterocycles. The molecule has 0 fully saturated rings. The fourth-order valence-electron chi connectivity index (χ4n) is 2.19. The van der Waals surface area contributed by atoms with Crippen molar-refractivity contribution in [1.29, 1.82) is 0 Å². The molecule has 4 rings (SSSR count). The van der Waals surface area contributed by atoms with E-state index < -0.39 is 0 Å². The maximum atomic E-state index is 12.4. The van der Waals surface area contributed by atoms with Crippen LogP contribution in [0.15, 0.2) is 50.6 Å². The number of hydrogen-bond acceptors (Lipinski definition) is 9. The lowest BCUT2D eigenvalue weighted by Gasteiger charge is -2.01. The van der Waals surface area contributed by atoms with Crippen LogP contribution in [-0.2, 0) is 5.75 Å². The summed E-state index contributed by atoms with van der Waals surface area (Å²) in [7, 11) is 0. The zero-order valence-corrected chi connectivity index (χ0v) is 16.5. The average molecular weight is 416 g/mol. The lowest BCUT2D eigenvalue weighted by Crippen LogP contribution is -2.11. The van der Waals surface area contributed by atoms with E-state index in [1.54, 1.807) is 54.3 Å². The molecule has 0 saturated carbocycles. The highest BCUT2D eigenvalue weighted by atomic mass is 32.2. The van der Waals surface area contributed by atoms with Crippen LogP contribution in [0, 0.1) is 6.92 Å². The number of rotatable bonds is 6. The first-order valence-corrected chi connectivity index (χ1v) is 10.6. The SMILES string of the molecule is Cc1noc(-c2ccc(C(=O)Nc3nnc(SCc4cccs4)s3)cc2)n1. The summed E-state index contributed by atoms with van der Waals surface area (Å²) in [6, 6.07) is 11.1. The van der Waals surface area contributed by atoms with E-state index in [1.807, 2.05) is 11.4 Å². The number of carbonyl (C=O) groups excluding carboxylic acids is 1. The van der Waals surface area contributed by atoms with Gasteiger partial charge in [-0.05, 0) is 42.6 Å². The maximum Gasteiger partial charge on any atom is 0.257 e. The van der Waals surface area contributed by atoms with E-state index in [9.17, 15) is 4.79 Å². The van der Waals surface area contributed by atoms with Crippen LogP contribution < -0.4 is 5.32 Å². The normalized spacial score (nSPS) is 10.9. The molecule has 1 aromatic carbocycles. The van der Waals surface area contributed by atoms with Crippen molar-refractivity contribution in [3.8, 4) is 11.5 Å². The quantitative estimate of drug-likeness (QED) is 0.366. The van der Waals surface area contributed by atoms with Gasteiger partial charge in [0.25, 0.3) is 11.8 Å². The zero-order valence-electron chi connectivity index (χ0n) is 14.1. The van der Waals surface area contributed by atoms with Crippen molar-refractivity contribution in [3.63, 3.8) is 0 Å². The van der Waals surface area contributed by atoms with Crippen LogP contribution in [0.5, 0.6) is 0 Å². The highest BCUT2D eigenvalue weighted by Gasteiger charge is 2.12. The molecule has 0 radical (unpaired) electrons. The Kier molecular flexibility index (Phi) is 5.28. The monoisotopic (exact) mass is 415 g/mol. The summed E-state index contributed by atoms with van der Waals surface area (Å²) < 4.78 is 5.94. The van der Waals surface area contributed by atoms with Crippen LogP contribution in [0.4, 0.5) is 5.13 Å². The molecule has 1 amide bonds. The molecule has 0 spiro atoms. The lowest BCUT2D eigenvalue weighted by molar-refractivity contribution is 0.102. The standard InChI is InChI=1S/C17H13N5O2S3/c1-10-18-15(24-22-10)12-6-4-11(5-7-12)14(23)19-16-20-21-17(27-16)26-9-13-3-2-8-25-13/h2-8H,9H2,1H3,(H,19,20,23). The summed E-state index contributed by atoms with van der Waals surface area (Å²) in [5, 5.41) is 17.2. The topological polar surface area (TPSA) is 93.8 Å². The van der Waals surface area contributed by atoms with Gasteiger partial charge in [0, 0.05) is 21.8 Å². The molecule has 7 nitrogen and oxygen atoms in total. The van der Waals surface area contributed by atoms with Gasteiger partial charge in [0.1, 0.15) is 0 Å². The number of aryl methyl sites for hydroxylation is 1. The van der Waals surface area contributed by atoms with Crippen molar-refractivity contribution in [1.82, 2.24) is 20.3 Å². The number of thioether (sulfide) groups is 1. The Morgan fingerprint density at radius 1 is 1.22 bits per heavy atom. The Hall–Kier alpha value is -2.56. The first kappa shape index (κ1) is 17.8. The van der Waals surface area contributed by atoms with E-state index in [0.29, 0.717) is 22.4 Å². The van der Waals surface area contributed by atoms with Gasteiger partial charge in [0.05, 0.1) is 0 Å². The summed E-state index contributed by atoms with van der Waals surface area (Å²) in [5.41, 5.74) is 1.27. The Morgan fingerprint density at radius 2 is 2.07 bits per heavy atom. The van der Waals surface area contributed by atoms with Crippen LogP contribution in [0.2, 0.25) is 0 Å². The third-order valence-electron chi connectivity index (χ3n) is 3.47. The molecule has 4 aromatic rings. The van der Waals surface area contributed by atoms with Gasteiger partial charge in [-0.15, -0.1) is 21.5 Å². The number of carbonyl (C=O) groups is 1. The van der Waals surface area contributed by atoms with Gasteiger partial charge in [-0.3, -0.25) is 10.1 Å². The van der Waals surface area contributed by atoms with E-state index in [0.717, 1.165) is 15.7 Å². The van der Waals surface area contributed by atoms with Crippen LogP contribution in [0.25, 0.3) is 11.5 Å². The maximum absolute atomic E-state index is 12.4. The molecule has 0 unspecified atom stereocenters. The number of aromatic nitrogens is 4. The minimum absolute atomic E-state index is 0.241. The van der Waals surface area contributed by atoms with E-state index in [-0.39, 0.29) is 5.91 Å². The van der Waals surface area contributed by atoms with Gasteiger partial charge < -0.3 is 4.52 Å². The van der Waals surface area contributed by atoms with Crippen LogP contribution in [-0.4, -0.2) is 26.2 Å². The van der Waals surface area contributed by atoms with Gasteiger partial charge >= 0.3 is 0 Å². The fourth-order valence-corrected chi connectivity index (χ4v) is 4.71. The molecular weight excluding hydrogens is 402 g/mol. The third-order valence-corrected chi connectivity index (χ3v) is 6.55. The van der Waals surface area contributed by atoms with Gasteiger partial charge in [-0.25, -0.2) is 0 Å². The van der Waals surface area contributed by atoms with Gasteiger partial charge in [0.15, 0.2) is 10.2 Å². The van der Waals surface area contributed by atoms with Crippen LogP contribution in [0.3, 0.4) is 0 Å². The summed E-state index contributed by atoms with van der Waals surface area (Å²) in [5.74, 6) is 1.60. The third kappa shape index (κ3) is 4.41. The predicted molar refractivity (Wildman–Crippen MR) is 106 cm³/mol. The molecule has 3 aromatic heterocycles. The van der Waals surface area contributed by atoms with Crippen molar-refractivity contribution >= 4 is 45.5 Å². The van der Waals surface area contributed by atoms with E-state index in [1.165, 1.54) is 16.2 Å². The molecule has 136 valence electrons. The number of amides is 1. The van der Waals surface area contributed by atoms with Gasteiger partial charge in [-0.1, -0.05) is 34.3 Å². The number of thiophene rings is 1. The smallest absolute Gasteiger partial charge is 0.257 e. The molecule has 0 bridgehead atoms. The van der Waals surface area contributed by atoms with Crippen molar-refractivity contribution in [2.24, 2.45) is 0 Å². The van der Waals surface area contributed by atoms with Crippen molar-refractivity contribution in [2.75, 3.05) is 5.32 Å². The van der Waals surface area contributed by atoms with Gasteiger partial charge in [0.2, 0.25) is 5.13 Å². The van der Waals surface area contributed by atoms with Crippen molar-refractivity contribution in [2.45, 2.75) is 17.0 Å². The number of nitrogens with one attached hydrogen (secondary N) is 1. The van der Waals surface area contributed by atoms with Crippen molar-refractivity contribution < 1.29 is 9.32 Å². The van der Waals surface area contributed by atoms with E-state index in [4.69, 9.17) is 4.52 Å². The Labute approximate surface area is 166 Å². The molecule has 0 aliphatic carbocycles. The van der Waals surface area contributed by atoms with Gasteiger partial charge in [-0.2, -0.15) is 4.98 Å². The number of anilines is 1. The zero-order chi connectivity index (χ0) is 18.6. The first-order valence-electron chi connectivity index (χ1n) is 7.88. The highest BCUT2D eigenvalue weighted by molar-refractivity contribution is 8.00. The lowest BCUT2D eigenvalue weighted by atomic mass is 10.1. The minimum Gasteiger partial charge on any atom is -0.334 e. The van der Waals surface area contributed by atoms with E-state index in [2.05, 4.69) is 31.7 Å². The number of benzene rings is 1. The molecule has 0 aliphatic rings. The summed E-state index contributed by atoms with van der Waals surface area (Å²) in [4.78, 5) is 17.8. The van der Waals surface area contributed by atoms with E-state index >= 15 is 0 Å². The first-order chi connectivity index (χ1) is 13.2. The Morgan fingerprint density at radius 3 is 2.78 bits per heavy atom. The average Bonchev–Trinajstić information content (AvgIpc) is 3.42. The minimum atomic E-state index is -0.241. The second kappa shape index (κ2) is 7.99. The molecule has 0 saturated heterocycles.